The Labute approximate surface area is 190 Å². The number of aliphatic hydroxyl groups excluding tert-OH is 1. The van der Waals surface area contributed by atoms with Crippen LogP contribution in [0, 0.1) is 17.3 Å². The van der Waals surface area contributed by atoms with Crippen LogP contribution in [-0.4, -0.2) is 22.0 Å². The molecule has 5 unspecified atom stereocenters. The largest absolute Gasteiger partial charge is 0.393 e. The van der Waals surface area contributed by atoms with Crippen LogP contribution in [-0.2, 0) is 4.79 Å². The number of rotatable bonds is 2. The Morgan fingerprint density at radius 1 is 1.00 bits per heavy atom. The number of allylic oxidation sites excluding steroid dienone is 4. The Balaban J connectivity index is 1.46. The highest BCUT2D eigenvalue weighted by Gasteiger charge is 2.56. The van der Waals surface area contributed by atoms with Gasteiger partial charge in [-0.3, -0.25) is 9.78 Å². The third-order valence-electron chi connectivity index (χ3n) is 8.99. The molecule has 2 saturated carbocycles. The number of nitrogens with zero attached hydrogens (tertiary/aromatic N) is 1. The van der Waals surface area contributed by atoms with E-state index < -0.39 is 0 Å². The van der Waals surface area contributed by atoms with Crippen molar-refractivity contribution >= 4 is 5.78 Å². The number of pyridine rings is 1. The summed E-state index contributed by atoms with van der Waals surface area (Å²) in [4.78, 5) is 16.4. The molecule has 5 atom stereocenters. The van der Waals surface area contributed by atoms with E-state index in [2.05, 4.69) is 42.2 Å². The molecule has 6 rings (SSSR count). The number of hydrogen-bond acceptors (Lipinski definition) is 3. The van der Waals surface area contributed by atoms with E-state index in [1.807, 2.05) is 18.3 Å². The van der Waals surface area contributed by atoms with Gasteiger partial charge in [-0.2, -0.15) is 0 Å². The molecule has 0 saturated heterocycles. The van der Waals surface area contributed by atoms with Crippen LogP contribution >= 0.6 is 0 Å². The molecule has 2 aromatic rings. The Morgan fingerprint density at radius 3 is 2.62 bits per heavy atom. The summed E-state index contributed by atoms with van der Waals surface area (Å²) in [6, 6.07) is 13.1. The maximum atomic E-state index is 12.1. The molecule has 0 bridgehead atoms. The van der Waals surface area contributed by atoms with E-state index in [1.165, 1.54) is 22.3 Å². The van der Waals surface area contributed by atoms with Crippen molar-refractivity contribution in [3.05, 3.63) is 77.2 Å². The molecule has 1 aromatic heterocycles. The van der Waals surface area contributed by atoms with Crippen molar-refractivity contribution in [2.45, 2.75) is 63.9 Å². The summed E-state index contributed by atoms with van der Waals surface area (Å²) in [6.07, 6.45) is 12.2. The zero-order valence-electron chi connectivity index (χ0n) is 18.8. The molecule has 3 nitrogen and oxygen atoms in total. The van der Waals surface area contributed by atoms with Crippen molar-refractivity contribution < 1.29 is 9.90 Å². The van der Waals surface area contributed by atoms with Crippen LogP contribution in [0.3, 0.4) is 0 Å². The summed E-state index contributed by atoms with van der Waals surface area (Å²) in [6.45, 7) is 2.34. The fraction of sp³-hybridized carbons (Fsp3) is 0.448. The van der Waals surface area contributed by atoms with Crippen LogP contribution in [0.25, 0.3) is 11.1 Å². The minimum Gasteiger partial charge on any atom is -0.393 e. The summed E-state index contributed by atoms with van der Waals surface area (Å²) in [5.74, 6) is 1.71. The molecule has 0 spiro atoms. The summed E-state index contributed by atoms with van der Waals surface area (Å²) in [7, 11) is 0. The maximum absolute atomic E-state index is 12.1. The van der Waals surface area contributed by atoms with Crippen LogP contribution in [0.2, 0.25) is 0 Å². The average Bonchev–Trinajstić information content (AvgIpc) is 3.13. The zero-order valence-corrected chi connectivity index (χ0v) is 18.8. The maximum Gasteiger partial charge on any atom is 0.156 e. The van der Waals surface area contributed by atoms with Gasteiger partial charge in [0.05, 0.1) is 6.10 Å². The molecule has 0 amide bonds. The van der Waals surface area contributed by atoms with Gasteiger partial charge in [0.25, 0.3) is 0 Å². The first-order valence-corrected chi connectivity index (χ1v) is 12.2. The van der Waals surface area contributed by atoms with Gasteiger partial charge in [-0.25, -0.2) is 0 Å². The summed E-state index contributed by atoms with van der Waals surface area (Å²) in [5.41, 5.74) is 8.02. The van der Waals surface area contributed by atoms with Crippen molar-refractivity contribution in [2.75, 3.05) is 0 Å². The Bertz CT molecular complexity index is 1110. The second kappa shape index (κ2) is 7.52. The molecule has 3 heteroatoms. The lowest BCUT2D eigenvalue weighted by Gasteiger charge is -2.52. The molecule has 0 aliphatic heterocycles. The number of ketones is 1. The molecule has 1 aromatic carbocycles. The van der Waals surface area contributed by atoms with Crippen molar-refractivity contribution in [2.24, 2.45) is 17.3 Å². The Kier molecular flexibility index (Phi) is 4.73. The quantitative estimate of drug-likeness (QED) is 0.641. The van der Waals surface area contributed by atoms with Crippen LogP contribution in [0.4, 0.5) is 0 Å². The van der Waals surface area contributed by atoms with Crippen molar-refractivity contribution in [1.29, 1.82) is 0 Å². The predicted molar refractivity (Wildman–Crippen MR) is 126 cm³/mol. The minimum absolute atomic E-state index is 0.0207. The highest BCUT2D eigenvalue weighted by Crippen LogP contribution is 2.63. The topological polar surface area (TPSA) is 50.2 Å². The van der Waals surface area contributed by atoms with E-state index in [9.17, 15) is 9.90 Å². The summed E-state index contributed by atoms with van der Waals surface area (Å²) >= 11 is 0. The molecule has 4 aliphatic rings. The van der Waals surface area contributed by atoms with E-state index in [0.717, 1.165) is 44.1 Å². The number of aliphatic hydroxyl groups is 1. The second-order valence-corrected chi connectivity index (χ2v) is 10.5. The molecule has 1 heterocycles. The fourth-order valence-electron chi connectivity index (χ4n) is 7.37. The molecule has 1 N–H and O–H groups in total. The Hall–Kier alpha value is -2.52. The van der Waals surface area contributed by atoms with E-state index >= 15 is 0 Å². The number of benzene rings is 1. The summed E-state index contributed by atoms with van der Waals surface area (Å²) in [5, 5.41) is 11.0. The lowest BCUT2D eigenvalue weighted by atomic mass is 9.53. The number of carbonyl (C=O) groups excluding carboxylic acids is 1. The summed E-state index contributed by atoms with van der Waals surface area (Å²) < 4.78 is 0. The highest BCUT2D eigenvalue weighted by molar-refractivity contribution is 5.93. The van der Waals surface area contributed by atoms with E-state index in [-0.39, 0.29) is 17.3 Å². The van der Waals surface area contributed by atoms with Gasteiger partial charge in [-0.05, 0) is 95.8 Å². The van der Waals surface area contributed by atoms with Gasteiger partial charge in [0.1, 0.15) is 0 Å². The van der Waals surface area contributed by atoms with Gasteiger partial charge >= 0.3 is 0 Å². The fourth-order valence-corrected chi connectivity index (χ4v) is 7.37. The predicted octanol–water partition coefficient (Wildman–Crippen LogP) is 6.01. The van der Waals surface area contributed by atoms with Crippen LogP contribution in [0.5, 0.6) is 0 Å². The molecule has 0 radical (unpaired) electrons. The Morgan fingerprint density at radius 2 is 1.84 bits per heavy atom. The van der Waals surface area contributed by atoms with Crippen LogP contribution in [0.15, 0.2) is 71.6 Å². The normalized spacial score (nSPS) is 33.9. The first-order chi connectivity index (χ1) is 15.5. The van der Waals surface area contributed by atoms with Gasteiger partial charge in [0, 0.05) is 24.7 Å². The second-order valence-electron chi connectivity index (χ2n) is 10.5. The van der Waals surface area contributed by atoms with Crippen molar-refractivity contribution in [3.8, 4) is 11.1 Å². The number of aromatic nitrogens is 1. The highest BCUT2D eigenvalue weighted by atomic mass is 16.3. The lowest BCUT2D eigenvalue weighted by Crippen LogP contribution is -2.45. The van der Waals surface area contributed by atoms with Gasteiger partial charge in [-0.15, -0.1) is 0 Å². The average molecular weight is 426 g/mol. The van der Waals surface area contributed by atoms with E-state index in [4.69, 9.17) is 0 Å². The first kappa shape index (κ1) is 20.1. The van der Waals surface area contributed by atoms with E-state index in [0.29, 0.717) is 24.2 Å². The first-order valence-electron chi connectivity index (χ1n) is 12.2. The van der Waals surface area contributed by atoms with Crippen LogP contribution in [0.1, 0.15) is 63.4 Å². The van der Waals surface area contributed by atoms with Gasteiger partial charge < -0.3 is 5.11 Å². The molecular formula is C29H31NO2. The number of fused-ring (bicyclic) bond motifs is 4. The molecule has 4 aliphatic carbocycles. The SMILES string of the molecule is CC12CC(c3ccc(-c4cccnc4)cc3)C3=C4CCC(=O)C=C4CCC3C1CCC2O. The minimum atomic E-state index is -0.207. The molecule has 32 heavy (non-hydrogen) atoms. The van der Waals surface area contributed by atoms with Gasteiger partial charge in [0.15, 0.2) is 5.78 Å². The van der Waals surface area contributed by atoms with Crippen molar-refractivity contribution in [1.82, 2.24) is 4.98 Å². The third-order valence-corrected chi connectivity index (χ3v) is 8.99. The third kappa shape index (κ3) is 3.05. The zero-order chi connectivity index (χ0) is 21.9. The van der Waals surface area contributed by atoms with Crippen molar-refractivity contribution in [3.63, 3.8) is 0 Å². The van der Waals surface area contributed by atoms with Crippen LogP contribution < -0.4 is 0 Å². The van der Waals surface area contributed by atoms with E-state index in [1.54, 1.807) is 11.8 Å². The molecule has 164 valence electrons. The lowest BCUT2D eigenvalue weighted by molar-refractivity contribution is -0.114. The monoisotopic (exact) mass is 425 g/mol. The van der Waals surface area contributed by atoms with Gasteiger partial charge in [0.2, 0.25) is 0 Å². The standard InChI is InChI=1S/C29H31NO2/c1-29-16-25(19-6-4-18(5-7-19)21-3-2-14-30-17-21)28-23-11-9-22(31)15-20(23)8-10-24(28)26(29)12-13-27(29)32/h2-7,14-15,17,24-27,32H,8-13,16H2,1H3. The number of hydrogen-bond donors (Lipinski definition) is 1. The number of carbonyl (C=O) groups is 1. The smallest absolute Gasteiger partial charge is 0.156 e. The molecular weight excluding hydrogens is 394 g/mol. The molecule has 2 fully saturated rings. The van der Waals surface area contributed by atoms with Gasteiger partial charge in [-0.1, -0.05) is 42.8 Å².